The van der Waals surface area contributed by atoms with Crippen LogP contribution in [0.2, 0.25) is 0 Å². The molecule has 0 radical (unpaired) electrons. The molecular formula is C15H23NO3. The summed E-state index contributed by atoms with van der Waals surface area (Å²) in [6.45, 7) is 4.47. The number of carbonyl (C=O) groups excluding carboxylic acids is 1. The molecule has 4 nitrogen and oxygen atoms in total. The van der Waals surface area contributed by atoms with Crippen LogP contribution in [0, 0.1) is 5.92 Å². The van der Waals surface area contributed by atoms with Crippen molar-refractivity contribution in [1.82, 2.24) is 5.32 Å². The second kappa shape index (κ2) is 7.79. The number of nitrogens with one attached hydrogen (secondary N) is 1. The molecule has 0 saturated heterocycles. The lowest BCUT2D eigenvalue weighted by Gasteiger charge is -2.17. The number of amides is 1. The summed E-state index contributed by atoms with van der Waals surface area (Å²) in [5.41, 5.74) is 0.984. The van der Waals surface area contributed by atoms with Gasteiger partial charge in [-0.25, -0.2) is 0 Å². The number of aliphatic hydroxyl groups is 1. The molecular weight excluding hydrogens is 242 g/mol. The van der Waals surface area contributed by atoms with Crippen LogP contribution in [0.15, 0.2) is 24.3 Å². The van der Waals surface area contributed by atoms with Gasteiger partial charge < -0.3 is 15.2 Å². The number of aliphatic hydroxyl groups excluding tert-OH is 1. The van der Waals surface area contributed by atoms with Gasteiger partial charge in [-0.05, 0) is 30.0 Å². The lowest BCUT2D eigenvalue weighted by Crippen LogP contribution is -2.33. The molecule has 1 rings (SSSR count). The summed E-state index contributed by atoms with van der Waals surface area (Å²) in [5.74, 6) is 0.718. The van der Waals surface area contributed by atoms with Gasteiger partial charge in [0.2, 0.25) is 5.91 Å². The molecule has 0 aliphatic rings. The zero-order valence-corrected chi connectivity index (χ0v) is 11.8. The first-order valence-electron chi connectivity index (χ1n) is 6.64. The number of carbonyl (C=O) groups is 1. The van der Waals surface area contributed by atoms with Gasteiger partial charge in [0, 0.05) is 13.2 Å². The lowest BCUT2D eigenvalue weighted by atomic mass is 9.95. The topological polar surface area (TPSA) is 58.6 Å². The van der Waals surface area contributed by atoms with E-state index in [2.05, 4.69) is 5.32 Å². The molecule has 2 N–H and O–H groups in total. The number of ether oxygens (including phenoxy) is 1. The number of rotatable bonds is 7. The third-order valence-electron chi connectivity index (χ3n) is 3.18. The van der Waals surface area contributed by atoms with E-state index in [-0.39, 0.29) is 24.3 Å². The van der Waals surface area contributed by atoms with Crippen LogP contribution < -0.4 is 10.1 Å². The minimum Gasteiger partial charge on any atom is -0.497 e. The van der Waals surface area contributed by atoms with E-state index >= 15 is 0 Å². The summed E-state index contributed by atoms with van der Waals surface area (Å²) in [4.78, 5) is 12.1. The Morgan fingerprint density at radius 1 is 1.37 bits per heavy atom. The maximum absolute atomic E-state index is 12.1. The van der Waals surface area contributed by atoms with Crippen LogP contribution in [-0.2, 0) is 4.79 Å². The van der Waals surface area contributed by atoms with E-state index in [0.29, 0.717) is 6.54 Å². The van der Waals surface area contributed by atoms with Gasteiger partial charge in [0.05, 0.1) is 13.0 Å². The number of hydrogen-bond acceptors (Lipinski definition) is 3. The molecule has 0 heterocycles. The van der Waals surface area contributed by atoms with Crippen molar-refractivity contribution in [2.45, 2.75) is 26.2 Å². The van der Waals surface area contributed by atoms with Crippen molar-refractivity contribution in [3.05, 3.63) is 29.8 Å². The largest absolute Gasteiger partial charge is 0.497 e. The molecule has 0 spiro atoms. The van der Waals surface area contributed by atoms with Gasteiger partial charge in [-0.15, -0.1) is 0 Å². The minimum absolute atomic E-state index is 0.00738. The third-order valence-corrected chi connectivity index (χ3v) is 3.18. The maximum Gasteiger partial charge on any atom is 0.227 e. The Labute approximate surface area is 114 Å². The Kier molecular flexibility index (Phi) is 6.36. The van der Waals surface area contributed by atoms with Gasteiger partial charge in [0.1, 0.15) is 5.75 Å². The number of benzene rings is 1. The van der Waals surface area contributed by atoms with Gasteiger partial charge in [-0.2, -0.15) is 0 Å². The van der Waals surface area contributed by atoms with Crippen LogP contribution in [0.5, 0.6) is 5.75 Å². The minimum atomic E-state index is -0.156. The van der Waals surface area contributed by atoms with Crippen LogP contribution >= 0.6 is 0 Å². The highest BCUT2D eigenvalue weighted by atomic mass is 16.5. The van der Waals surface area contributed by atoms with Crippen LogP contribution in [0.4, 0.5) is 0 Å². The number of hydrogen-bond donors (Lipinski definition) is 2. The maximum atomic E-state index is 12.1. The second-order valence-electron chi connectivity index (χ2n) is 4.77. The van der Waals surface area contributed by atoms with Gasteiger partial charge in [-0.3, -0.25) is 4.79 Å². The first-order chi connectivity index (χ1) is 9.12. The Morgan fingerprint density at radius 2 is 2.00 bits per heavy atom. The monoisotopic (exact) mass is 265 g/mol. The highest BCUT2D eigenvalue weighted by molar-refractivity contribution is 5.83. The van der Waals surface area contributed by atoms with Crippen LogP contribution in [0.3, 0.4) is 0 Å². The molecule has 0 saturated carbocycles. The van der Waals surface area contributed by atoms with E-state index in [1.807, 2.05) is 38.1 Å². The molecule has 0 bridgehead atoms. The van der Waals surface area contributed by atoms with E-state index < -0.39 is 0 Å². The average Bonchev–Trinajstić information content (AvgIpc) is 2.46. The van der Waals surface area contributed by atoms with Crippen LogP contribution in [0.25, 0.3) is 0 Å². The van der Waals surface area contributed by atoms with E-state index in [1.54, 1.807) is 7.11 Å². The Morgan fingerprint density at radius 3 is 2.47 bits per heavy atom. The van der Waals surface area contributed by atoms with Gasteiger partial charge in [-0.1, -0.05) is 26.0 Å². The van der Waals surface area contributed by atoms with Crippen LogP contribution in [-0.4, -0.2) is 31.3 Å². The summed E-state index contributed by atoms with van der Waals surface area (Å²) in [6, 6.07) is 7.56. The van der Waals surface area contributed by atoms with E-state index in [9.17, 15) is 4.79 Å². The highest BCUT2D eigenvalue weighted by Crippen LogP contribution is 2.22. The number of methoxy groups -OCH3 is 1. The summed E-state index contributed by atoms with van der Waals surface area (Å²) < 4.78 is 5.11. The second-order valence-corrected chi connectivity index (χ2v) is 4.77. The Balaban J connectivity index is 2.67. The van der Waals surface area contributed by atoms with Gasteiger partial charge in [0.15, 0.2) is 0 Å². The fourth-order valence-electron chi connectivity index (χ4n) is 1.87. The summed E-state index contributed by atoms with van der Waals surface area (Å²) in [5, 5.41) is 11.8. The molecule has 19 heavy (non-hydrogen) atoms. The SMILES string of the molecule is CCC(C(=O)NCC(C)CO)c1ccc(OC)cc1. The molecule has 1 amide bonds. The van der Waals surface area contributed by atoms with Crippen molar-refractivity contribution in [1.29, 1.82) is 0 Å². The Hall–Kier alpha value is -1.55. The quantitative estimate of drug-likeness (QED) is 0.792. The van der Waals surface area contributed by atoms with Crippen LogP contribution in [0.1, 0.15) is 31.7 Å². The van der Waals surface area contributed by atoms with Crippen molar-refractivity contribution in [2.24, 2.45) is 5.92 Å². The zero-order chi connectivity index (χ0) is 14.3. The molecule has 1 aromatic rings. The van der Waals surface area contributed by atoms with E-state index in [1.165, 1.54) is 0 Å². The first kappa shape index (κ1) is 15.5. The molecule has 2 unspecified atom stereocenters. The van der Waals surface area contributed by atoms with E-state index in [4.69, 9.17) is 9.84 Å². The van der Waals surface area contributed by atoms with Crippen molar-refractivity contribution >= 4 is 5.91 Å². The zero-order valence-electron chi connectivity index (χ0n) is 11.8. The molecule has 0 fully saturated rings. The highest BCUT2D eigenvalue weighted by Gasteiger charge is 2.18. The lowest BCUT2D eigenvalue weighted by molar-refractivity contribution is -0.122. The smallest absolute Gasteiger partial charge is 0.227 e. The van der Waals surface area contributed by atoms with Crippen molar-refractivity contribution < 1.29 is 14.6 Å². The van der Waals surface area contributed by atoms with Crippen molar-refractivity contribution in [3.63, 3.8) is 0 Å². The first-order valence-corrected chi connectivity index (χ1v) is 6.64. The standard InChI is InChI=1S/C15H23NO3/c1-4-14(15(18)16-9-11(2)10-17)12-5-7-13(19-3)8-6-12/h5-8,11,14,17H,4,9-10H2,1-3H3,(H,16,18). The molecule has 1 aromatic carbocycles. The molecule has 4 heteroatoms. The predicted octanol–water partition coefficient (Wildman–Crippen LogP) is 1.93. The van der Waals surface area contributed by atoms with E-state index in [0.717, 1.165) is 17.7 Å². The fraction of sp³-hybridized carbons (Fsp3) is 0.533. The average molecular weight is 265 g/mol. The summed E-state index contributed by atoms with van der Waals surface area (Å²) >= 11 is 0. The predicted molar refractivity (Wildman–Crippen MR) is 75.3 cm³/mol. The molecule has 0 aliphatic carbocycles. The normalized spacial score (nSPS) is 13.7. The Bertz CT molecular complexity index is 389. The van der Waals surface area contributed by atoms with Crippen molar-refractivity contribution in [2.75, 3.05) is 20.3 Å². The molecule has 2 atom stereocenters. The third kappa shape index (κ3) is 4.56. The van der Waals surface area contributed by atoms with Gasteiger partial charge in [0.25, 0.3) is 0 Å². The van der Waals surface area contributed by atoms with Gasteiger partial charge >= 0.3 is 0 Å². The summed E-state index contributed by atoms with van der Waals surface area (Å²) in [7, 11) is 1.62. The fourth-order valence-corrected chi connectivity index (χ4v) is 1.87. The molecule has 0 aliphatic heterocycles. The summed E-state index contributed by atoms with van der Waals surface area (Å²) in [6.07, 6.45) is 0.742. The van der Waals surface area contributed by atoms with Crippen molar-refractivity contribution in [3.8, 4) is 5.75 Å². The molecule has 106 valence electrons. The molecule has 0 aromatic heterocycles.